The van der Waals surface area contributed by atoms with Crippen molar-refractivity contribution < 1.29 is 9.21 Å². The molecule has 1 aliphatic rings. The fourth-order valence-electron chi connectivity index (χ4n) is 3.12. The van der Waals surface area contributed by atoms with E-state index in [0.717, 1.165) is 42.6 Å². The molecule has 146 valence electrons. The number of carbonyl (C=O) groups excluding carboxylic acids is 1. The van der Waals surface area contributed by atoms with Gasteiger partial charge in [-0.25, -0.2) is 0 Å². The second kappa shape index (κ2) is 10.3. The van der Waals surface area contributed by atoms with Crippen LogP contribution in [0, 0.1) is 0 Å². The molecule has 0 radical (unpaired) electrons. The molecule has 7 heteroatoms. The van der Waals surface area contributed by atoms with Gasteiger partial charge in [0.05, 0.1) is 6.54 Å². The SMILES string of the molecule is CCC(=O)N1CCC(NC(=NC)NCc2ccc(-c3ccccc3)o2)C1.I. The van der Waals surface area contributed by atoms with Crippen LogP contribution in [0.3, 0.4) is 0 Å². The van der Waals surface area contributed by atoms with Gasteiger partial charge in [-0.15, -0.1) is 24.0 Å². The summed E-state index contributed by atoms with van der Waals surface area (Å²) in [5, 5.41) is 6.66. The number of benzene rings is 1. The lowest BCUT2D eigenvalue weighted by atomic mass is 10.2. The molecule has 27 heavy (non-hydrogen) atoms. The zero-order valence-electron chi connectivity index (χ0n) is 15.8. The highest BCUT2D eigenvalue weighted by Gasteiger charge is 2.25. The number of hydrogen-bond acceptors (Lipinski definition) is 3. The van der Waals surface area contributed by atoms with Crippen LogP contribution in [-0.4, -0.2) is 42.9 Å². The number of hydrogen-bond donors (Lipinski definition) is 2. The highest BCUT2D eigenvalue weighted by molar-refractivity contribution is 14.0. The molecule has 0 spiro atoms. The van der Waals surface area contributed by atoms with Crippen LogP contribution < -0.4 is 10.6 Å². The largest absolute Gasteiger partial charge is 0.459 e. The Morgan fingerprint density at radius 3 is 2.74 bits per heavy atom. The van der Waals surface area contributed by atoms with E-state index in [-0.39, 0.29) is 35.9 Å². The number of amides is 1. The summed E-state index contributed by atoms with van der Waals surface area (Å²) >= 11 is 0. The molecule has 2 heterocycles. The molecular weight excluding hydrogens is 455 g/mol. The molecule has 1 saturated heterocycles. The van der Waals surface area contributed by atoms with Gasteiger partial charge in [-0.1, -0.05) is 37.3 Å². The molecular formula is C20H27IN4O2. The first-order valence-electron chi connectivity index (χ1n) is 9.08. The Hall–Kier alpha value is -2.03. The van der Waals surface area contributed by atoms with Crippen LogP contribution in [0.25, 0.3) is 11.3 Å². The summed E-state index contributed by atoms with van der Waals surface area (Å²) in [4.78, 5) is 18.0. The van der Waals surface area contributed by atoms with Crippen LogP contribution in [0.4, 0.5) is 0 Å². The Bertz CT molecular complexity index is 760. The van der Waals surface area contributed by atoms with Crippen molar-refractivity contribution in [3.05, 3.63) is 48.2 Å². The van der Waals surface area contributed by atoms with E-state index in [1.807, 2.05) is 54.3 Å². The molecule has 2 N–H and O–H groups in total. The normalized spacial score (nSPS) is 16.7. The monoisotopic (exact) mass is 482 g/mol. The number of aliphatic imine (C=N–C) groups is 1. The van der Waals surface area contributed by atoms with Crippen molar-refractivity contribution in [3.8, 4) is 11.3 Å². The van der Waals surface area contributed by atoms with E-state index in [1.165, 1.54) is 0 Å². The Balaban J connectivity index is 0.00000261. The summed E-state index contributed by atoms with van der Waals surface area (Å²) in [5.74, 6) is 2.63. The summed E-state index contributed by atoms with van der Waals surface area (Å²) in [6.45, 7) is 3.99. The number of nitrogens with one attached hydrogen (secondary N) is 2. The van der Waals surface area contributed by atoms with E-state index in [4.69, 9.17) is 4.42 Å². The molecule has 6 nitrogen and oxygen atoms in total. The second-order valence-electron chi connectivity index (χ2n) is 6.38. The van der Waals surface area contributed by atoms with Crippen LogP contribution in [0.5, 0.6) is 0 Å². The topological polar surface area (TPSA) is 69.9 Å². The first-order chi connectivity index (χ1) is 12.7. The molecule has 1 aromatic carbocycles. The van der Waals surface area contributed by atoms with Gasteiger partial charge in [0.15, 0.2) is 5.96 Å². The smallest absolute Gasteiger partial charge is 0.222 e. The molecule has 1 fully saturated rings. The first kappa shape index (κ1) is 21.3. The molecule has 2 aromatic rings. The molecule has 0 aliphatic carbocycles. The third-order valence-corrected chi connectivity index (χ3v) is 4.56. The van der Waals surface area contributed by atoms with E-state index in [2.05, 4.69) is 15.6 Å². The third-order valence-electron chi connectivity index (χ3n) is 4.56. The predicted octanol–water partition coefficient (Wildman–Crippen LogP) is 3.24. The van der Waals surface area contributed by atoms with E-state index < -0.39 is 0 Å². The summed E-state index contributed by atoms with van der Waals surface area (Å²) in [6.07, 6.45) is 1.49. The van der Waals surface area contributed by atoms with Gasteiger partial charge >= 0.3 is 0 Å². The molecule has 1 aliphatic heterocycles. The van der Waals surface area contributed by atoms with Crippen molar-refractivity contribution in [1.82, 2.24) is 15.5 Å². The van der Waals surface area contributed by atoms with Gasteiger partial charge in [0.1, 0.15) is 11.5 Å². The molecule has 1 atom stereocenters. The van der Waals surface area contributed by atoms with Crippen LogP contribution >= 0.6 is 24.0 Å². The third kappa shape index (κ3) is 5.72. The highest BCUT2D eigenvalue weighted by Crippen LogP contribution is 2.21. The van der Waals surface area contributed by atoms with Gasteiger partial charge in [0.2, 0.25) is 5.91 Å². The van der Waals surface area contributed by atoms with Gasteiger partial charge in [0, 0.05) is 38.2 Å². The number of nitrogens with zero attached hydrogens (tertiary/aromatic N) is 2. The van der Waals surface area contributed by atoms with Crippen molar-refractivity contribution in [2.75, 3.05) is 20.1 Å². The lowest BCUT2D eigenvalue weighted by Gasteiger charge is -2.18. The van der Waals surface area contributed by atoms with Crippen LogP contribution in [0.15, 0.2) is 51.9 Å². The second-order valence-corrected chi connectivity index (χ2v) is 6.38. The van der Waals surface area contributed by atoms with Gasteiger partial charge in [0.25, 0.3) is 0 Å². The molecule has 0 bridgehead atoms. The molecule has 1 aromatic heterocycles. The Morgan fingerprint density at radius 1 is 1.26 bits per heavy atom. The summed E-state index contributed by atoms with van der Waals surface area (Å²) in [7, 11) is 1.75. The van der Waals surface area contributed by atoms with Gasteiger partial charge in [-0.2, -0.15) is 0 Å². The fraction of sp³-hybridized carbons (Fsp3) is 0.400. The first-order valence-corrected chi connectivity index (χ1v) is 9.08. The van der Waals surface area contributed by atoms with Crippen molar-refractivity contribution in [2.45, 2.75) is 32.4 Å². The van der Waals surface area contributed by atoms with Crippen molar-refractivity contribution in [3.63, 3.8) is 0 Å². The lowest BCUT2D eigenvalue weighted by molar-refractivity contribution is -0.129. The Morgan fingerprint density at radius 2 is 2.04 bits per heavy atom. The Labute approximate surface area is 177 Å². The molecule has 1 unspecified atom stereocenters. The average molecular weight is 482 g/mol. The fourth-order valence-corrected chi connectivity index (χ4v) is 3.12. The summed E-state index contributed by atoms with van der Waals surface area (Å²) < 4.78 is 5.90. The minimum atomic E-state index is 0. The lowest BCUT2D eigenvalue weighted by Crippen LogP contribution is -2.44. The summed E-state index contributed by atoms with van der Waals surface area (Å²) in [6, 6.07) is 14.2. The van der Waals surface area contributed by atoms with Gasteiger partial charge < -0.3 is 20.0 Å². The summed E-state index contributed by atoms with van der Waals surface area (Å²) in [5.41, 5.74) is 1.06. The minimum absolute atomic E-state index is 0. The van der Waals surface area contributed by atoms with Gasteiger partial charge in [-0.05, 0) is 18.6 Å². The predicted molar refractivity (Wildman–Crippen MR) is 118 cm³/mol. The zero-order chi connectivity index (χ0) is 18.4. The highest BCUT2D eigenvalue weighted by atomic mass is 127. The maximum absolute atomic E-state index is 11.8. The van der Waals surface area contributed by atoms with E-state index in [1.54, 1.807) is 7.05 Å². The number of likely N-dealkylation sites (tertiary alicyclic amines) is 1. The number of guanidine groups is 1. The Kier molecular flexibility index (Phi) is 8.15. The van der Waals surface area contributed by atoms with Crippen molar-refractivity contribution >= 4 is 35.8 Å². The van der Waals surface area contributed by atoms with Crippen molar-refractivity contribution in [2.24, 2.45) is 4.99 Å². The number of halogens is 1. The van der Waals surface area contributed by atoms with Crippen LogP contribution in [-0.2, 0) is 11.3 Å². The molecule has 1 amide bonds. The van der Waals surface area contributed by atoms with E-state index >= 15 is 0 Å². The van der Waals surface area contributed by atoms with E-state index in [0.29, 0.717) is 13.0 Å². The van der Waals surface area contributed by atoms with Crippen molar-refractivity contribution in [1.29, 1.82) is 0 Å². The van der Waals surface area contributed by atoms with E-state index in [9.17, 15) is 4.79 Å². The number of rotatable bonds is 5. The zero-order valence-corrected chi connectivity index (χ0v) is 18.1. The maximum atomic E-state index is 11.8. The average Bonchev–Trinajstić information content (AvgIpc) is 3.35. The quantitative estimate of drug-likeness (QED) is 0.390. The van der Waals surface area contributed by atoms with Gasteiger partial charge in [-0.3, -0.25) is 9.79 Å². The molecule has 0 saturated carbocycles. The number of furan rings is 1. The van der Waals surface area contributed by atoms with Crippen LogP contribution in [0.2, 0.25) is 0 Å². The number of carbonyl (C=O) groups is 1. The standard InChI is InChI=1S/C20H26N4O2.HI/c1-3-19(25)24-12-11-16(14-24)23-20(21-2)22-13-17-9-10-18(26-17)15-7-5-4-6-8-15;/h4-10,16H,3,11-14H2,1-2H3,(H2,21,22,23);1H. The minimum Gasteiger partial charge on any atom is -0.459 e. The van der Waals surface area contributed by atoms with Crippen LogP contribution in [0.1, 0.15) is 25.5 Å². The maximum Gasteiger partial charge on any atom is 0.222 e. The molecule has 3 rings (SSSR count).